The van der Waals surface area contributed by atoms with Crippen molar-refractivity contribution in [3.05, 3.63) is 41.9 Å². The van der Waals surface area contributed by atoms with E-state index >= 15 is 0 Å². The molecule has 18 heavy (non-hydrogen) atoms. The SMILES string of the molecule is Cc1c(-c2ccccc2)nc2n1C(C)CC(C)C2. The normalized spacial score (nSPS) is 22.8. The highest BCUT2D eigenvalue weighted by Gasteiger charge is 2.25. The van der Waals surface area contributed by atoms with Gasteiger partial charge >= 0.3 is 0 Å². The van der Waals surface area contributed by atoms with Gasteiger partial charge in [-0.15, -0.1) is 0 Å². The minimum atomic E-state index is 0.578. The summed E-state index contributed by atoms with van der Waals surface area (Å²) in [6.45, 7) is 6.83. The number of imidazole rings is 1. The predicted molar refractivity (Wildman–Crippen MR) is 74.6 cm³/mol. The lowest BCUT2D eigenvalue weighted by molar-refractivity contribution is 0.339. The van der Waals surface area contributed by atoms with Gasteiger partial charge in [0.1, 0.15) is 5.82 Å². The summed E-state index contributed by atoms with van der Waals surface area (Å²) in [6.07, 6.45) is 2.37. The quantitative estimate of drug-likeness (QED) is 0.736. The van der Waals surface area contributed by atoms with Crippen molar-refractivity contribution in [1.29, 1.82) is 0 Å². The van der Waals surface area contributed by atoms with Crippen LogP contribution in [0.1, 0.15) is 37.8 Å². The molecule has 2 atom stereocenters. The fourth-order valence-corrected chi connectivity index (χ4v) is 3.25. The fourth-order valence-electron chi connectivity index (χ4n) is 3.25. The number of hydrogen-bond acceptors (Lipinski definition) is 1. The summed E-state index contributed by atoms with van der Waals surface area (Å²) >= 11 is 0. The molecule has 0 saturated carbocycles. The van der Waals surface area contributed by atoms with Crippen molar-refractivity contribution in [2.24, 2.45) is 5.92 Å². The Morgan fingerprint density at radius 1 is 1.17 bits per heavy atom. The molecule has 0 fully saturated rings. The number of fused-ring (bicyclic) bond motifs is 1. The Bertz CT molecular complexity index is 554. The Kier molecular flexibility index (Phi) is 2.73. The largest absolute Gasteiger partial charge is 0.329 e. The van der Waals surface area contributed by atoms with Crippen molar-refractivity contribution in [3.8, 4) is 11.3 Å². The molecule has 0 aliphatic carbocycles. The van der Waals surface area contributed by atoms with Crippen molar-refractivity contribution in [2.45, 2.75) is 39.7 Å². The predicted octanol–water partition coefficient (Wildman–Crippen LogP) is 4.00. The maximum atomic E-state index is 4.88. The van der Waals surface area contributed by atoms with E-state index in [9.17, 15) is 0 Å². The summed E-state index contributed by atoms with van der Waals surface area (Å²) in [5.41, 5.74) is 3.71. The van der Waals surface area contributed by atoms with Crippen LogP contribution in [0.15, 0.2) is 30.3 Å². The second kappa shape index (κ2) is 4.27. The summed E-state index contributed by atoms with van der Waals surface area (Å²) < 4.78 is 2.43. The summed E-state index contributed by atoms with van der Waals surface area (Å²) in [7, 11) is 0. The Hall–Kier alpha value is -1.57. The van der Waals surface area contributed by atoms with Crippen molar-refractivity contribution in [2.75, 3.05) is 0 Å². The molecule has 0 spiro atoms. The van der Waals surface area contributed by atoms with Crippen LogP contribution in [0.4, 0.5) is 0 Å². The molecule has 0 amide bonds. The molecule has 1 aliphatic rings. The molecule has 2 aromatic rings. The molecule has 3 rings (SSSR count). The zero-order valence-corrected chi connectivity index (χ0v) is 11.4. The van der Waals surface area contributed by atoms with E-state index in [2.05, 4.69) is 55.7 Å². The van der Waals surface area contributed by atoms with Crippen molar-refractivity contribution < 1.29 is 0 Å². The van der Waals surface area contributed by atoms with Crippen LogP contribution in [-0.2, 0) is 6.42 Å². The van der Waals surface area contributed by atoms with Crippen LogP contribution < -0.4 is 0 Å². The monoisotopic (exact) mass is 240 g/mol. The van der Waals surface area contributed by atoms with Crippen LogP contribution in [0, 0.1) is 12.8 Å². The number of nitrogens with zero attached hydrogens (tertiary/aromatic N) is 2. The molecule has 94 valence electrons. The third kappa shape index (κ3) is 1.76. The molecule has 1 aromatic heterocycles. The molecule has 0 N–H and O–H groups in total. The van der Waals surface area contributed by atoms with E-state index in [0.29, 0.717) is 6.04 Å². The van der Waals surface area contributed by atoms with Crippen molar-refractivity contribution >= 4 is 0 Å². The van der Waals surface area contributed by atoms with Gasteiger partial charge in [0.2, 0.25) is 0 Å². The number of rotatable bonds is 1. The molecule has 1 aromatic carbocycles. The van der Waals surface area contributed by atoms with Gasteiger partial charge in [0.15, 0.2) is 0 Å². The lowest BCUT2D eigenvalue weighted by Crippen LogP contribution is -2.21. The smallest absolute Gasteiger partial charge is 0.110 e. The van der Waals surface area contributed by atoms with Crippen LogP contribution in [0.5, 0.6) is 0 Å². The van der Waals surface area contributed by atoms with E-state index in [1.165, 1.54) is 23.5 Å². The van der Waals surface area contributed by atoms with Gasteiger partial charge in [0.05, 0.1) is 5.69 Å². The average molecular weight is 240 g/mol. The van der Waals surface area contributed by atoms with Gasteiger partial charge in [0, 0.05) is 23.7 Å². The van der Waals surface area contributed by atoms with Crippen LogP contribution in [0.2, 0.25) is 0 Å². The van der Waals surface area contributed by atoms with Crippen LogP contribution in [-0.4, -0.2) is 9.55 Å². The van der Waals surface area contributed by atoms with Crippen LogP contribution >= 0.6 is 0 Å². The number of hydrogen-bond donors (Lipinski definition) is 0. The van der Waals surface area contributed by atoms with Gasteiger partial charge < -0.3 is 4.57 Å². The zero-order chi connectivity index (χ0) is 12.7. The topological polar surface area (TPSA) is 17.8 Å². The lowest BCUT2D eigenvalue weighted by atomic mass is 9.95. The van der Waals surface area contributed by atoms with Crippen molar-refractivity contribution in [1.82, 2.24) is 9.55 Å². The van der Waals surface area contributed by atoms with Gasteiger partial charge in [-0.25, -0.2) is 4.98 Å². The Balaban J connectivity index is 2.12. The van der Waals surface area contributed by atoms with Gasteiger partial charge in [-0.3, -0.25) is 0 Å². The van der Waals surface area contributed by atoms with Crippen molar-refractivity contribution in [3.63, 3.8) is 0 Å². The third-order valence-electron chi connectivity index (χ3n) is 3.99. The Morgan fingerprint density at radius 3 is 2.61 bits per heavy atom. The standard InChI is InChI=1S/C16H20N2/c1-11-9-12(2)18-13(3)16(17-15(18)10-11)14-7-5-4-6-8-14/h4-8,11-12H,9-10H2,1-3H3. The van der Waals surface area contributed by atoms with E-state index in [0.717, 1.165) is 18.0 Å². The summed E-state index contributed by atoms with van der Waals surface area (Å²) in [5, 5.41) is 0. The second-order valence-corrected chi connectivity index (χ2v) is 5.59. The van der Waals surface area contributed by atoms with Gasteiger partial charge in [-0.1, -0.05) is 37.3 Å². The summed E-state index contributed by atoms with van der Waals surface area (Å²) in [5.74, 6) is 2.01. The van der Waals surface area contributed by atoms with Crippen LogP contribution in [0.25, 0.3) is 11.3 Å². The van der Waals surface area contributed by atoms with Gasteiger partial charge in [-0.05, 0) is 26.2 Å². The van der Waals surface area contributed by atoms with E-state index in [1.807, 2.05) is 0 Å². The Morgan fingerprint density at radius 2 is 1.89 bits per heavy atom. The highest BCUT2D eigenvalue weighted by Crippen LogP contribution is 2.33. The molecule has 2 nitrogen and oxygen atoms in total. The molecular weight excluding hydrogens is 220 g/mol. The molecular formula is C16H20N2. The minimum Gasteiger partial charge on any atom is -0.329 e. The molecule has 2 heterocycles. The number of benzene rings is 1. The van der Waals surface area contributed by atoms with E-state index in [1.54, 1.807) is 0 Å². The first-order valence-electron chi connectivity index (χ1n) is 6.80. The van der Waals surface area contributed by atoms with E-state index < -0.39 is 0 Å². The lowest BCUT2D eigenvalue weighted by Gasteiger charge is -2.27. The van der Waals surface area contributed by atoms with Gasteiger partial charge in [0.25, 0.3) is 0 Å². The highest BCUT2D eigenvalue weighted by atomic mass is 15.1. The molecule has 0 bridgehead atoms. The maximum Gasteiger partial charge on any atom is 0.110 e. The maximum absolute atomic E-state index is 4.88. The van der Waals surface area contributed by atoms with E-state index in [4.69, 9.17) is 4.98 Å². The zero-order valence-electron chi connectivity index (χ0n) is 11.4. The summed E-state index contributed by atoms with van der Waals surface area (Å²) in [6, 6.07) is 11.1. The third-order valence-corrected chi connectivity index (χ3v) is 3.99. The molecule has 2 heteroatoms. The number of aromatic nitrogens is 2. The molecule has 1 aliphatic heterocycles. The minimum absolute atomic E-state index is 0.578. The van der Waals surface area contributed by atoms with Gasteiger partial charge in [-0.2, -0.15) is 0 Å². The van der Waals surface area contributed by atoms with E-state index in [-0.39, 0.29) is 0 Å². The first-order chi connectivity index (χ1) is 8.66. The summed E-state index contributed by atoms with van der Waals surface area (Å²) in [4.78, 5) is 4.88. The fraction of sp³-hybridized carbons (Fsp3) is 0.438. The van der Waals surface area contributed by atoms with Crippen LogP contribution in [0.3, 0.4) is 0 Å². The average Bonchev–Trinajstić information content (AvgIpc) is 2.67. The first-order valence-corrected chi connectivity index (χ1v) is 6.80. The molecule has 0 radical (unpaired) electrons. The Labute approximate surface area is 109 Å². The second-order valence-electron chi connectivity index (χ2n) is 5.59. The first kappa shape index (κ1) is 11.5. The highest BCUT2D eigenvalue weighted by molar-refractivity contribution is 5.62. The molecule has 2 unspecified atom stereocenters. The molecule has 0 saturated heterocycles.